The standard InChI is InChI=1S/C24H32N2O5S/c1-4-15-31-22-12-11-19(17-23(22)30-3)18(2)25-24(27)20-9-8-10-21(16-20)32(28,29)26-13-6-5-7-14-26/h8-12,16-18H,4-7,13-15H2,1-3H3,(H,25,27). The van der Waals surface area contributed by atoms with Gasteiger partial charge in [-0.2, -0.15) is 4.31 Å². The third-order valence-corrected chi connectivity index (χ3v) is 7.44. The second-order valence-corrected chi connectivity index (χ2v) is 9.88. The molecule has 2 aromatic carbocycles. The number of ether oxygens (including phenoxy) is 2. The Hall–Kier alpha value is -2.58. The molecule has 1 N–H and O–H groups in total. The first-order valence-corrected chi connectivity index (χ1v) is 12.5. The van der Waals surface area contributed by atoms with Crippen LogP contribution in [-0.2, 0) is 10.0 Å². The lowest BCUT2D eigenvalue weighted by Gasteiger charge is -2.26. The van der Waals surface area contributed by atoms with Crippen LogP contribution in [-0.4, -0.2) is 45.4 Å². The number of benzene rings is 2. The lowest BCUT2D eigenvalue weighted by Crippen LogP contribution is -2.35. The highest BCUT2D eigenvalue weighted by Gasteiger charge is 2.26. The van der Waals surface area contributed by atoms with Crippen molar-refractivity contribution < 1.29 is 22.7 Å². The third-order valence-electron chi connectivity index (χ3n) is 5.55. The zero-order chi connectivity index (χ0) is 23.1. The van der Waals surface area contributed by atoms with Crippen LogP contribution in [0.5, 0.6) is 11.5 Å². The molecule has 1 amide bonds. The fraction of sp³-hybridized carbons (Fsp3) is 0.458. The van der Waals surface area contributed by atoms with E-state index in [1.165, 1.54) is 10.4 Å². The Balaban J connectivity index is 1.74. The van der Waals surface area contributed by atoms with Gasteiger partial charge in [0, 0.05) is 18.7 Å². The number of piperidine rings is 1. The van der Waals surface area contributed by atoms with Crippen LogP contribution in [0.1, 0.15) is 61.5 Å². The molecule has 7 nitrogen and oxygen atoms in total. The van der Waals surface area contributed by atoms with Gasteiger partial charge in [-0.05, 0) is 62.1 Å². The predicted molar refractivity (Wildman–Crippen MR) is 124 cm³/mol. The average Bonchev–Trinajstić information content (AvgIpc) is 2.83. The highest BCUT2D eigenvalue weighted by atomic mass is 32.2. The summed E-state index contributed by atoms with van der Waals surface area (Å²) in [5, 5.41) is 2.94. The van der Waals surface area contributed by atoms with Gasteiger partial charge < -0.3 is 14.8 Å². The molecule has 32 heavy (non-hydrogen) atoms. The van der Waals surface area contributed by atoms with E-state index in [0.29, 0.717) is 36.8 Å². The van der Waals surface area contributed by atoms with Gasteiger partial charge in [0.05, 0.1) is 24.7 Å². The maximum Gasteiger partial charge on any atom is 0.251 e. The molecule has 0 aliphatic carbocycles. The first kappa shape index (κ1) is 24.1. The van der Waals surface area contributed by atoms with Crippen molar-refractivity contribution in [2.75, 3.05) is 26.8 Å². The quantitative estimate of drug-likeness (QED) is 0.608. The lowest BCUT2D eigenvalue weighted by molar-refractivity contribution is 0.0939. The Morgan fingerprint density at radius 1 is 1.09 bits per heavy atom. The summed E-state index contributed by atoms with van der Waals surface area (Å²) < 4.78 is 38.5. The molecule has 2 aromatic rings. The number of methoxy groups -OCH3 is 1. The minimum Gasteiger partial charge on any atom is -0.493 e. The van der Waals surface area contributed by atoms with E-state index in [1.54, 1.807) is 25.3 Å². The van der Waals surface area contributed by atoms with Crippen molar-refractivity contribution in [3.63, 3.8) is 0 Å². The summed E-state index contributed by atoms with van der Waals surface area (Å²) in [6.45, 7) is 5.54. The van der Waals surface area contributed by atoms with Crippen LogP contribution in [0.25, 0.3) is 0 Å². The fourth-order valence-corrected chi connectivity index (χ4v) is 5.26. The van der Waals surface area contributed by atoms with E-state index in [1.807, 2.05) is 32.0 Å². The molecule has 174 valence electrons. The van der Waals surface area contributed by atoms with Gasteiger partial charge in [-0.25, -0.2) is 8.42 Å². The lowest BCUT2D eigenvalue weighted by atomic mass is 10.1. The molecule has 1 saturated heterocycles. The smallest absolute Gasteiger partial charge is 0.251 e. The van der Waals surface area contributed by atoms with Gasteiger partial charge in [-0.1, -0.05) is 25.5 Å². The monoisotopic (exact) mass is 460 g/mol. The number of rotatable bonds is 9. The largest absolute Gasteiger partial charge is 0.493 e. The van der Waals surface area contributed by atoms with Crippen molar-refractivity contribution in [3.05, 3.63) is 53.6 Å². The molecule has 0 spiro atoms. The minimum atomic E-state index is -3.60. The molecule has 3 rings (SSSR count). The van der Waals surface area contributed by atoms with Crippen LogP contribution in [0.4, 0.5) is 0 Å². The fourth-order valence-electron chi connectivity index (χ4n) is 3.70. The number of hydrogen-bond donors (Lipinski definition) is 1. The molecule has 1 aliphatic heterocycles. The summed E-state index contributed by atoms with van der Waals surface area (Å²) in [5.41, 5.74) is 1.17. The van der Waals surface area contributed by atoms with Gasteiger partial charge in [0.2, 0.25) is 10.0 Å². The Morgan fingerprint density at radius 2 is 1.84 bits per heavy atom. The Kier molecular flexibility index (Phi) is 8.15. The first-order chi connectivity index (χ1) is 15.4. The minimum absolute atomic E-state index is 0.152. The summed E-state index contributed by atoms with van der Waals surface area (Å²) in [4.78, 5) is 13.0. The van der Waals surface area contributed by atoms with E-state index in [0.717, 1.165) is 31.2 Å². The summed E-state index contributed by atoms with van der Waals surface area (Å²) in [6.07, 6.45) is 3.66. The van der Waals surface area contributed by atoms with Crippen LogP contribution in [0.3, 0.4) is 0 Å². The summed E-state index contributed by atoms with van der Waals surface area (Å²) >= 11 is 0. The second-order valence-electron chi connectivity index (χ2n) is 7.95. The van der Waals surface area contributed by atoms with Gasteiger partial charge in [0.1, 0.15) is 0 Å². The average molecular weight is 461 g/mol. The van der Waals surface area contributed by atoms with Gasteiger partial charge >= 0.3 is 0 Å². The molecule has 1 atom stereocenters. The molecular weight excluding hydrogens is 428 g/mol. The van der Waals surface area contributed by atoms with Crippen molar-refractivity contribution in [1.29, 1.82) is 0 Å². The number of nitrogens with one attached hydrogen (secondary N) is 1. The van der Waals surface area contributed by atoms with Crippen molar-refractivity contribution in [2.24, 2.45) is 0 Å². The Bertz CT molecular complexity index is 1030. The molecule has 0 aromatic heterocycles. The predicted octanol–water partition coefficient (Wildman–Crippen LogP) is 4.15. The number of hydrogen-bond acceptors (Lipinski definition) is 5. The number of nitrogens with zero attached hydrogens (tertiary/aromatic N) is 1. The van der Waals surface area contributed by atoms with E-state index in [2.05, 4.69) is 5.32 Å². The van der Waals surface area contributed by atoms with Crippen LogP contribution in [0.2, 0.25) is 0 Å². The van der Waals surface area contributed by atoms with Crippen LogP contribution >= 0.6 is 0 Å². The Morgan fingerprint density at radius 3 is 2.53 bits per heavy atom. The number of sulfonamides is 1. The van der Waals surface area contributed by atoms with Gasteiger partial charge in [-0.3, -0.25) is 4.79 Å². The normalized spacial score (nSPS) is 15.7. The van der Waals surface area contributed by atoms with Gasteiger partial charge in [-0.15, -0.1) is 0 Å². The van der Waals surface area contributed by atoms with E-state index >= 15 is 0 Å². The maximum atomic E-state index is 13.0. The summed E-state index contributed by atoms with van der Waals surface area (Å²) in [6, 6.07) is 11.5. The number of amides is 1. The molecule has 1 aliphatic rings. The van der Waals surface area contributed by atoms with Gasteiger partial charge in [0.25, 0.3) is 5.91 Å². The van der Waals surface area contributed by atoms with E-state index in [-0.39, 0.29) is 16.8 Å². The zero-order valence-corrected chi connectivity index (χ0v) is 19.8. The third kappa shape index (κ3) is 5.61. The van der Waals surface area contributed by atoms with E-state index < -0.39 is 10.0 Å². The molecule has 8 heteroatoms. The molecule has 0 bridgehead atoms. The Labute approximate surface area is 190 Å². The van der Waals surface area contributed by atoms with Crippen LogP contribution < -0.4 is 14.8 Å². The maximum absolute atomic E-state index is 13.0. The second kappa shape index (κ2) is 10.8. The van der Waals surface area contributed by atoms with Crippen LogP contribution in [0, 0.1) is 0 Å². The molecule has 0 saturated carbocycles. The van der Waals surface area contributed by atoms with E-state index in [9.17, 15) is 13.2 Å². The molecular formula is C24H32N2O5S. The number of carbonyl (C=O) groups is 1. The highest BCUT2D eigenvalue weighted by Crippen LogP contribution is 2.30. The highest BCUT2D eigenvalue weighted by molar-refractivity contribution is 7.89. The van der Waals surface area contributed by atoms with Crippen molar-refractivity contribution in [1.82, 2.24) is 9.62 Å². The van der Waals surface area contributed by atoms with Crippen molar-refractivity contribution >= 4 is 15.9 Å². The molecule has 1 fully saturated rings. The van der Waals surface area contributed by atoms with Crippen molar-refractivity contribution in [3.8, 4) is 11.5 Å². The van der Waals surface area contributed by atoms with Crippen molar-refractivity contribution in [2.45, 2.75) is 50.5 Å². The number of carbonyl (C=O) groups excluding carboxylic acids is 1. The zero-order valence-electron chi connectivity index (χ0n) is 19.0. The summed E-state index contributed by atoms with van der Waals surface area (Å²) in [7, 11) is -2.02. The molecule has 1 unspecified atom stereocenters. The summed E-state index contributed by atoms with van der Waals surface area (Å²) in [5.74, 6) is 0.928. The van der Waals surface area contributed by atoms with Crippen LogP contribution in [0.15, 0.2) is 47.4 Å². The SMILES string of the molecule is CCCOc1ccc(C(C)NC(=O)c2cccc(S(=O)(=O)N3CCCCC3)c2)cc1OC. The topological polar surface area (TPSA) is 84.9 Å². The van der Waals surface area contributed by atoms with Gasteiger partial charge in [0.15, 0.2) is 11.5 Å². The first-order valence-electron chi connectivity index (χ1n) is 11.1. The molecule has 0 radical (unpaired) electrons. The molecule has 1 heterocycles. The van der Waals surface area contributed by atoms with E-state index in [4.69, 9.17) is 9.47 Å².